The SMILES string of the molecule is CC(C)(C)OC(=O)N1CCCC[C@@H]1C(=O)NCc1cc(Cl)ccc1Cl. The molecule has 25 heavy (non-hydrogen) atoms. The standard InChI is InChI=1S/C18H24Cl2N2O3/c1-18(2,3)25-17(24)22-9-5-4-6-15(22)16(23)21-11-12-10-13(19)7-8-14(12)20/h7-8,10,15H,4-6,9,11H2,1-3H3,(H,21,23)/t15-/m1/s1. The molecule has 1 N–H and O–H groups in total. The lowest BCUT2D eigenvalue weighted by Crippen LogP contribution is -2.53. The summed E-state index contributed by atoms with van der Waals surface area (Å²) in [4.78, 5) is 26.5. The molecule has 0 spiro atoms. The molecular formula is C18H24Cl2N2O3. The summed E-state index contributed by atoms with van der Waals surface area (Å²) in [6.45, 7) is 6.21. The molecule has 7 heteroatoms. The van der Waals surface area contributed by atoms with Gasteiger partial charge < -0.3 is 10.1 Å². The molecule has 5 nitrogen and oxygen atoms in total. The fourth-order valence-electron chi connectivity index (χ4n) is 2.72. The number of halogens is 2. The Morgan fingerprint density at radius 3 is 2.68 bits per heavy atom. The van der Waals surface area contributed by atoms with Gasteiger partial charge in [0.1, 0.15) is 11.6 Å². The van der Waals surface area contributed by atoms with E-state index >= 15 is 0 Å². The fraction of sp³-hybridized carbons (Fsp3) is 0.556. The highest BCUT2D eigenvalue weighted by molar-refractivity contribution is 6.33. The van der Waals surface area contributed by atoms with E-state index in [-0.39, 0.29) is 12.5 Å². The highest BCUT2D eigenvalue weighted by Crippen LogP contribution is 2.22. The maximum atomic E-state index is 12.6. The number of nitrogens with one attached hydrogen (secondary N) is 1. The van der Waals surface area contributed by atoms with E-state index in [2.05, 4.69) is 5.32 Å². The number of amides is 2. The second kappa shape index (κ2) is 8.28. The van der Waals surface area contributed by atoms with Crippen LogP contribution in [-0.4, -0.2) is 35.1 Å². The van der Waals surface area contributed by atoms with Crippen molar-refractivity contribution in [1.29, 1.82) is 0 Å². The normalized spacial score (nSPS) is 18.0. The Hall–Kier alpha value is -1.46. The average Bonchev–Trinajstić information content (AvgIpc) is 2.54. The van der Waals surface area contributed by atoms with E-state index in [0.717, 1.165) is 18.4 Å². The molecule has 138 valence electrons. The maximum absolute atomic E-state index is 12.6. The number of carbonyl (C=O) groups is 2. The number of hydrogen-bond donors (Lipinski definition) is 1. The minimum absolute atomic E-state index is 0.207. The Balaban J connectivity index is 2.02. The van der Waals surface area contributed by atoms with Crippen LogP contribution in [0.4, 0.5) is 4.79 Å². The van der Waals surface area contributed by atoms with E-state index in [4.69, 9.17) is 27.9 Å². The molecule has 1 aliphatic heterocycles. The van der Waals surface area contributed by atoms with Crippen LogP contribution < -0.4 is 5.32 Å². The number of nitrogens with zero attached hydrogens (tertiary/aromatic N) is 1. The van der Waals surface area contributed by atoms with Gasteiger partial charge in [0, 0.05) is 23.1 Å². The van der Waals surface area contributed by atoms with E-state index < -0.39 is 17.7 Å². The van der Waals surface area contributed by atoms with Crippen LogP contribution in [-0.2, 0) is 16.1 Å². The largest absolute Gasteiger partial charge is 0.444 e. The summed E-state index contributed by atoms with van der Waals surface area (Å²) in [5.41, 5.74) is 0.145. The third-order valence-electron chi connectivity index (χ3n) is 3.89. The zero-order chi connectivity index (χ0) is 18.6. The van der Waals surface area contributed by atoms with Crippen LogP contribution in [0.25, 0.3) is 0 Å². The first-order valence-electron chi connectivity index (χ1n) is 8.38. The van der Waals surface area contributed by atoms with E-state index in [1.807, 2.05) is 20.8 Å². The maximum Gasteiger partial charge on any atom is 0.410 e. The van der Waals surface area contributed by atoms with Gasteiger partial charge >= 0.3 is 6.09 Å². The van der Waals surface area contributed by atoms with Gasteiger partial charge in [-0.15, -0.1) is 0 Å². The minimum Gasteiger partial charge on any atom is -0.444 e. The predicted octanol–water partition coefficient (Wildman–Crippen LogP) is 4.40. The number of carbonyl (C=O) groups excluding carboxylic acids is 2. The van der Waals surface area contributed by atoms with Crippen molar-refractivity contribution in [3.8, 4) is 0 Å². The van der Waals surface area contributed by atoms with Crippen molar-refractivity contribution in [3.63, 3.8) is 0 Å². The van der Waals surface area contributed by atoms with Crippen molar-refractivity contribution < 1.29 is 14.3 Å². The molecule has 2 amide bonds. The van der Waals surface area contributed by atoms with E-state index in [1.54, 1.807) is 18.2 Å². The number of benzene rings is 1. The van der Waals surface area contributed by atoms with E-state index in [9.17, 15) is 9.59 Å². The van der Waals surface area contributed by atoms with Gasteiger partial charge in [0.05, 0.1) is 0 Å². The van der Waals surface area contributed by atoms with Gasteiger partial charge in [-0.05, 0) is 63.8 Å². The molecule has 1 aliphatic rings. The van der Waals surface area contributed by atoms with Crippen LogP contribution in [0.5, 0.6) is 0 Å². The van der Waals surface area contributed by atoms with Crippen LogP contribution in [0.1, 0.15) is 45.6 Å². The zero-order valence-corrected chi connectivity index (χ0v) is 16.3. The molecule has 0 radical (unpaired) electrons. The number of hydrogen-bond acceptors (Lipinski definition) is 3. The Bertz CT molecular complexity index is 644. The van der Waals surface area contributed by atoms with Crippen LogP contribution in [0.15, 0.2) is 18.2 Å². The molecule has 1 heterocycles. The number of likely N-dealkylation sites (tertiary alicyclic amines) is 1. The molecule has 1 aromatic carbocycles. The Morgan fingerprint density at radius 2 is 2.00 bits per heavy atom. The summed E-state index contributed by atoms with van der Waals surface area (Å²) in [6.07, 6.45) is 1.93. The first kappa shape index (κ1) is 19.9. The number of rotatable bonds is 3. The Labute approximate surface area is 158 Å². The summed E-state index contributed by atoms with van der Waals surface area (Å²) in [5, 5.41) is 3.95. The van der Waals surface area contributed by atoms with Crippen LogP contribution in [0, 0.1) is 0 Å². The molecule has 0 bridgehead atoms. The zero-order valence-electron chi connectivity index (χ0n) is 14.8. The van der Waals surface area contributed by atoms with Gasteiger partial charge in [-0.25, -0.2) is 4.79 Å². The first-order chi connectivity index (χ1) is 11.7. The van der Waals surface area contributed by atoms with Gasteiger partial charge in [-0.1, -0.05) is 23.2 Å². The lowest BCUT2D eigenvalue weighted by Gasteiger charge is -2.35. The molecular weight excluding hydrogens is 363 g/mol. The van der Waals surface area contributed by atoms with Crippen molar-refractivity contribution in [2.24, 2.45) is 0 Å². The summed E-state index contributed by atoms with van der Waals surface area (Å²) in [5.74, 6) is -0.207. The fourth-order valence-corrected chi connectivity index (χ4v) is 3.10. The van der Waals surface area contributed by atoms with E-state index in [0.29, 0.717) is 23.0 Å². The Kier molecular flexibility index (Phi) is 6.58. The molecule has 1 saturated heterocycles. The number of piperidine rings is 1. The summed E-state index contributed by atoms with van der Waals surface area (Å²) in [7, 11) is 0. The lowest BCUT2D eigenvalue weighted by atomic mass is 10.0. The average molecular weight is 387 g/mol. The molecule has 2 rings (SSSR count). The molecule has 0 saturated carbocycles. The van der Waals surface area contributed by atoms with Crippen molar-refractivity contribution in [2.45, 2.75) is 58.2 Å². The topological polar surface area (TPSA) is 58.6 Å². The van der Waals surface area contributed by atoms with Gasteiger partial charge in [0.2, 0.25) is 5.91 Å². The Morgan fingerprint density at radius 1 is 1.28 bits per heavy atom. The minimum atomic E-state index is -0.593. The summed E-state index contributed by atoms with van der Waals surface area (Å²) >= 11 is 12.1. The van der Waals surface area contributed by atoms with Crippen LogP contribution in [0.3, 0.4) is 0 Å². The van der Waals surface area contributed by atoms with Gasteiger partial charge in [-0.3, -0.25) is 9.69 Å². The van der Waals surface area contributed by atoms with Crippen LogP contribution >= 0.6 is 23.2 Å². The summed E-state index contributed by atoms with van der Waals surface area (Å²) < 4.78 is 5.42. The van der Waals surface area contributed by atoms with Crippen molar-refractivity contribution in [3.05, 3.63) is 33.8 Å². The predicted molar refractivity (Wildman–Crippen MR) is 98.9 cm³/mol. The lowest BCUT2D eigenvalue weighted by molar-refractivity contribution is -0.127. The highest BCUT2D eigenvalue weighted by Gasteiger charge is 2.34. The molecule has 0 unspecified atom stereocenters. The van der Waals surface area contributed by atoms with Gasteiger partial charge in [0.15, 0.2) is 0 Å². The molecule has 1 fully saturated rings. The van der Waals surface area contributed by atoms with Crippen LogP contribution in [0.2, 0.25) is 10.0 Å². The quantitative estimate of drug-likeness (QED) is 0.837. The first-order valence-corrected chi connectivity index (χ1v) is 9.14. The van der Waals surface area contributed by atoms with E-state index in [1.165, 1.54) is 4.90 Å². The van der Waals surface area contributed by atoms with Gasteiger partial charge in [0.25, 0.3) is 0 Å². The van der Waals surface area contributed by atoms with Crippen molar-refractivity contribution in [2.75, 3.05) is 6.54 Å². The van der Waals surface area contributed by atoms with Crippen molar-refractivity contribution in [1.82, 2.24) is 10.2 Å². The van der Waals surface area contributed by atoms with Gasteiger partial charge in [-0.2, -0.15) is 0 Å². The third-order valence-corrected chi connectivity index (χ3v) is 4.50. The molecule has 1 atom stereocenters. The molecule has 1 aromatic rings. The highest BCUT2D eigenvalue weighted by atomic mass is 35.5. The third kappa shape index (κ3) is 5.79. The second-order valence-electron chi connectivity index (χ2n) is 7.14. The molecule has 0 aromatic heterocycles. The summed E-state index contributed by atoms with van der Waals surface area (Å²) in [6, 6.07) is 4.58. The molecule has 0 aliphatic carbocycles. The smallest absolute Gasteiger partial charge is 0.410 e. The number of ether oxygens (including phenoxy) is 1. The van der Waals surface area contributed by atoms with Crippen molar-refractivity contribution >= 4 is 35.2 Å². The monoisotopic (exact) mass is 386 g/mol. The second-order valence-corrected chi connectivity index (χ2v) is 7.98.